The van der Waals surface area contributed by atoms with Gasteiger partial charge in [-0.3, -0.25) is 0 Å². The molecule has 1 N–H and O–H groups in total. The van der Waals surface area contributed by atoms with Crippen LogP contribution in [0.2, 0.25) is 10.0 Å². The van der Waals surface area contributed by atoms with E-state index in [1.54, 1.807) is 6.07 Å². The van der Waals surface area contributed by atoms with Crippen LogP contribution in [0.1, 0.15) is 30.9 Å². The van der Waals surface area contributed by atoms with E-state index in [0.717, 1.165) is 25.2 Å². The highest BCUT2D eigenvalue weighted by Gasteiger charge is 2.21. The van der Waals surface area contributed by atoms with Gasteiger partial charge in [0.15, 0.2) is 0 Å². The Labute approximate surface area is 137 Å². The van der Waals surface area contributed by atoms with Gasteiger partial charge in [-0.2, -0.15) is 0 Å². The highest BCUT2D eigenvalue weighted by molar-refractivity contribution is 6.42. The molecule has 1 aromatic carbocycles. The molecule has 2 rings (SSSR count). The Morgan fingerprint density at radius 3 is 2.57 bits per heavy atom. The Bertz CT molecular complexity index is 460. The second-order valence-corrected chi connectivity index (χ2v) is 6.77. The summed E-state index contributed by atoms with van der Waals surface area (Å²) in [5.74, 6) is 0. The van der Waals surface area contributed by atoms with E-state index in [-0.39, 0.29) is 0 Å². The highest BCUT2D eigenvalue weighted by atomic mass is 35.5. The Balaban J connectivity index is 1.82. The summed E-state index contributed by atoms with van der Waals surface area (Å²) in [4.78, 5) is 4.72. The Morgan fingerprint density at radius 1 is 1.29 bits per heavy atom. The minimum absolute atomic E-state index is 0.470. The van der Waals surface area contributed by atoms with Gasteiger partial charge >= 0.3 is 0 Å². The molecule has 5 heteroatoms. The number of halogens is 2. The molecule has 1 heterocycles. The molecule has 0 amide bonds. The largest absolute Gasteiger partial charge is 0.388 e. The van der Waals surface area contributed by atoms with Crippen molar-refractivity contribution in [2.45, 2.75) is 31.4 Å². The van der Waals surface area contributed by atoms with Crippen molar-refractivity contribution in [1.82, 2.24) is 9.80 Å². The van der Waals surface area contributed by atoms with E-state index in [1.165, 1.54) is 12.8 Å². The van der Waals surface area contributed by atoms with Gasteiger partial charge < -0.3 is 14.9 Å². The minimum Gasteiger partial charge on any atom is -0.388 e. The number of aliphatic hydroxyl groups excluding tert-OH is 1. The summed E-state index contributed by atoms with van der Waals surface area (Å²) < 4.78 is 0. The monoisotopic (exact) mass is 330 g/mol. The van der Waals surface area contributed by atoms with Crippen molar-refractivity contribution >= 4 is 23.2 Å². The summed E-state index contributed by atoms with van der Waals surface area (Å²) in [7, 11) is 4.29. The van der Waals surface area contributed by atoms with Crippen LogP contribution in [-0.4, -0.2) is 54.7 Å². The zero-order valence-electron chi connectivity index (χ0n) is 12.7. The smallest absolute Gasteiger partial charge is 0.0817 e. The van der Waals surface area contributed by atoms with Gasteiger partial charge in [-0.05, 0) is 52.5 Å². The van der Waals surface area contributed by atoms with E-state index >= 15 is 0 Å². The van der Waals surface area contributed by atoms with Gasteiger partial charge in [0.2, 0.25) is 0 Å². The van der Waals surface area contributed by atoms with Gasteiger partial charge in [0.05, 0.1) is 16.1 Å². The van der Waals surface area contributed by atoms with Crippen molar-refractivity contribution in [1.29, 1.82) is 0 Å². The summed E-state index contributed by atoms with van der Waals surface area (Å²) in [6.07, 6.45) is 2.53. The van der Waals surface area contributed by atoms with E-state index in [9.17, 15) is 5.11 Å². The predicted molar refractivity (Wildman–Crippen MR) is 89.2 cm³/mol. The molecule has 1 fully saturated rings. The van der Waals surface area contributed by atoms with Crippen LogP contribution in [0.25, 0.3) is 0 Å². The van der Waals surface area contributed by atoms with Gasteiger partial charge in [-0.1, -0.05) is 35.3 Å². The van der Waals surface area contributed by atoms with E-state index in [2.05, 4.69) is 23.9 Å². The van der Waals surface area contributed by atoms with Crippen LogP contribution in [-0.2, 0) is 0 Å². The maximum Gasteiger partial charge on any atom is 0.0817 e. The topological polar surface area (TPSA) is 26.7 Å². The summed E-state index contributed by atoms with van der Waals surface area (Å²) in [6.45, 7) is 3.09. The number of hydrogen-bond donors (Lipinski definition) is 1. The normalized spacial score (nSPS) is 19.1. The fourth-order valence-corrected chi connectivity index (χ4v) is 3.33. The average molecular weight is 331 g/mol. The second kappa shape index (κ2) is 7.80. The first-order valence-electron chi connectivity index (χ1n) is 7.49. The second-order valence-electron chi connectivity index (χ2n) is 5.98. The molecule has 0 spiro atoms. The molecule has 0 bridgehead atoms. The van der Waals surface area contributed by atoms with Gasteiger partial charge in [-0.25, -0.2) is 0 Å². The summed E-state index contributed by atoms with van der Waals surface area (Å²) in [5.41, 5.74) is 0.729. The lowest BCUT2D eigenvalue weighted by Crippen LogP contribution is -2.42. The van der Waals surface area contributed by atoms with E-state index in [1.807, 2.05) is 12.1 Å². The van der Waals surface area contributed by atoms with Crippen LogP contribution < -0.4 is 0 Å². The number of likely N-dealkylation sites (tertiary alicyclic amines) is 1. The quantitative estimate of drug-likeness (QED) is 0.895. The first-order chi connectivity index (χ1) is 9.99. The van der Waals surface area contributed by atoms with Gasteiger partial charge in [0, 0.05) is 18.2 Å². The van der Waals surface area contributed by atoms with E-state index < -0.39 is 6.10 Å². The van der Waals surface area contributed by atoms with Crippen LogP contribution in [0.4, 0.5) is 0 Å². The zero-order chi connectivity index (χ0) is 15.4. The zero-order valence-corrected chi connectivity index (χ0v) is 14.2. The molecule has 1 atom stereocenters. The van der Waals surface area contributed by atoms with Crippen molar-refractivity contribution in [3.8, 4) is 0 Å². The molecule has 1 aromatic rings. The summed E-state index contributed by atoms with van der Waals surface area (Å²) in [5, 5.41) is 11.3. The molecular formula is C16H24Cl2N2O. The molecule has 1 saturated heterocycles. The van der Waals surface area contributed by atoms with Gasteiger partial charge in [0.1, 0.15) is 0 Å². The fourth-order valence-electron chi connectivity index (χ4n) is 2.90. The molecule has 3 nitrogen and oxygen atoms in total. The van der Waals surface area contributed by atoms with Gasteiger partial charge in [0.25, 0.3) is 0 Å². The maximum absolute atomic E-state index is 10.3. The van der Waals surface area contributed by atoms with Crippen molar-refractivity contribution < 1.29 is 5.11 Å². The average Bonchev–Trinajstić information content (AvgIpc) is 2.48. The third-order valence-corrected chi connectivity index (χ3v) is 5.18. The van der Waals surface area contributed by atoms with Crippen LogP contribution >= 0.6 is 23.2 Å². The first kappa shape index (κ1) is 17.0. The predicted octanol–water partition coefficient (Wildman–Crippen LogP) is 3.44. The Kier molecular flexibility index (Phi) is 6.33. The summed E-state index contributed by atoms with van der Waals surface area (Å²) >= 11 is 12.1. The van der Waals surface area contributed by atoms with Crippen molar-refractivity contribution in [2.75, 3.05) is 33.7 Å². The first-order valence-corrected chi connectivity index (χ1v) is 8.25. The molecule has 21 heavy (non-hydrogen) atoms. The summed E-state index contributed by atoms with van der Waals surface area (Å²) in [6, 6.07) is 6.10. The molecule has 0 radical (unpaired) electrons. The molecule has 0 aliphatic carbocycles. The van der Waals surface area contributed by atoms with Crippen molar-refractivity contribution in [3.63, 3.8) is 0 Å². The number of nitrogens with zero attached hydrogens (tertiary/aromatic N) is 2. The van der Waals surface area contributed by atoms with Crippen LogP contribution in [0.15, 0.2) is 18.2 Å². The molecule has 1 unspecified atom stereocenters. The minimum atomic E-state index is -0.553. The SMILES string of the molecule is CN(C)C1CCN(CCC(O)c2cccc(Cl)c2Cl)CC1. The molecule has 1 aliphatic rings. The van der Waals surface area contributed by atoms with Crippen LogP contribution in [0.3, 0.4) is 0 Å². The lowest BCUT2D eigenvalue weighted by molar-refractivity contribution is 0.110. The van der Waals surface area contributed by atoms with Crippen LogP contribution in [0, 0.1) is 0 Å². The molecule has 1 aliphatic heterocycles. The van der Waals surface area contributed by atoms with Gasteiger partial charge in [-0.15, -0.1) is 0 Å². The fraction of sp³-hybridized carbons (Fsp3) is 0.625. The molecular weight excluding hydrogens is 307 g/mol. The third kappa shape index (κ3) is 4.57. The number of aliphatic hydroxyl groups is 1. The van der Waals surface area contributed by atoms with Crippen molar-refractivity contribution in [3.05, 3.63) is 33.8 Å². The van der Waals surface area contributed by atoms with Crippen molar-refractivity contribution in [2.24, 2.45) is 0 Å². The highest BCUT2D eigenvalue weighted by Crippen LogP contribution is 2.31. The van der Waals surface area contributed by atoms with E-state index in [4.69, 9.17) is 23.2 Å². The molecule has 0 aromatic heterocycles. The van der Waals surface area contributed by atoms with E-state index in [0.29, 0.717) is 22.5 Å². The van der Waals surface area contributed by atoms with Crippen LogP contribution in [0.5, 0.6) is 0 Å². The Hall–Kier alpha value is -0.320. The number of rotatable bonds is 5. The number of benzene rings is 1. The Morgan fingerprint density at radius 2 is 1.95 bits per heavy atom. The maximum atomic E-state index is 10.3. The number of hydrogen-bond acceptors (Lipinski definition) is 3. The third-order valence-electron chi connectivity index (χ3n) is 4.35. The molecule has 0 saturated carbocycles. The standard InChI is InChI=1S/C16H24Cl2N2O/c1-19(2)12-6-9-20(10-7-12)11-8-15(21)13-4-3-5-14(17)16(13)18/h3-5,12,15,21H,6-11H2,1-2H3. The lowest BCUT2D eigenvalue weighted by Gasteiger charge is -2.35. The lowest BCUT2D eigenvalue weighted by atomic mass is 10.0. The molecule has 118 valence electrons. The number of piperidine rings is 1.